The number of hydrogen-bond acceptors (Lipinski definition) is 3. The molecule has 100 valence electrons. The first-order valence-corrected chi connectivity index (χ1v) is 6.66. The van der Waals surface area contributed by atoms with E-state index in [0.29, 0.717) is 24.5 Å². The van der Waals surface area contributed by atoms with E-state index in [1.807, 2.05) is 0 Å². The zero-order valence-corrected chi connectivity index (χ0v) is 11.3. The summed E-state index contributed by atoms with van der Waals surface area (Å²) in [7, 11) is 0. The van der Waals surface area contributed by atoms with Crippen molar-refractivity contribution in [2.75, 3.05) is 13.2 Å². The number of benzene rings is 1. The van der Waals surface area contributed by atoms with Crippen LogP contribution in [0.15, 0.2) is 18.2 Å². The lowest BCUT2D eigenvalue weighted by Crippen LogP contribution is -2.01. The average Bonchev–Trinajstić information content (AvgIpc) is 2.41. The van der Waals surface area contributed by atoms with Crippen molar-refractivity contribution in [2.24, 2.45) is 0 Å². The summed E-state index contributed by atoms with van der Waals surface area (Å²) in [6.45, 7) is 5.53. The number of aldehydes is 1. The predicted molar refractivity (Wildman–Crippen MR) is 72.6 cm³/mol. The third-order valence-corrected chi connectivity index (χ3v) is 2.59. The summed E-state index contributed by atoms with van der Waals surface area (Å²) in [4.78, 5) is 10.9. The van der Waals surface area contributed by atoms with Crippen molar-refractivity contribution in [3.63, 3.8) is 0 Å². The number of unbranched alkanes of at least 4 members (excludes halogenated alkanes) is 2. The van der Waals surface area contributed by atoms with E-state index in [0.717, 1.165) is 37.7 Å². The Morgan fingerprint density at radius 1 is 1.06 bits per heavy atom. The maximum Gasteiger partial charge on any atom is 0.153 e. The molecule has 1 aromatic rings. The number of ether oxygens (including phenoxy) is 2. The summed E-state index contributed by atoms with van der Waals surface area (Å²) < 4.78 is 11.2. The number of hydrogen-bond donors (Lipinski definition) is 0. The van der Waals surface area contributed by atoms with Gasteiger partial charge in [-0.15, -0.1) is 0 Å². The number of carbonyl (C=O) groups is 1. The van der Waals surface area contributed by atoms with Crippen molar-refractivity contribution in [3.8, 4) is 11.5 Å². The molecular formula is C15H22O3. The molecule has 0 saturated carbocycles. The van der Waals surface area contributed by atoms with Gasteiger partial charge in [0.1, 0.15) is 11.5 Å². The minimum atomic E-state index is 0.579. The van der Waals surface area contributed by atoms with E-state index >= 15 is 0 Å². The fourth-order valence-corrected chi connectivity index (χ4v) is 1.58. The molecule has 0 aliphatic carbocycles. The summed E-state index contributed by atoms with van der Waals surface area (Å²) in [5.74, 6) is 1.38. The van der Waals surface area contributed by atoms with E-state index in [9.17, 15) is 4.79 Å². The second-order valence-electron chi connectivity index (χ2n) is 4.22. The van der Waals surface area contributed by atoms with Crippen molar-refractivity contribution in [1.29, 1.82) is 0 Å². The number of carbonyl (C=O) groups excluding carboxylic acids is 1. The van der Waals surface area contributed by atoms with Gasteiger partial charge in [0.2, 0.25) is 0 Å². The summed E-state index contributed by atoms with van der Waals surface area (Å²) in [6.07, 6.45) is 5.09. The van der Waals surface area contributed by atoms with Crippen LogP contribution in [0.3, 0.4) is 0 Å². The monoisotopic (exact) mass is 250 g/mol. The Kier molecular flexibility index (Phi) is 6.92. The Bertz CT molecular complexity index is 361. The van der Waals surface area contributed by atoms with Crippen molar-refractivity contribution in [1.82, 2.24) is 0 Å². The standard InChI is InChI=1S/C15H22O3/c1-3-5-6-10-18-15-11-14(17-9-4-2)8-7-13(15)12-16/h7-8,11-12H,3-6,9-10H2,1-2H3. The van der Waals surface area contributed by atoms with E-state index in [1.54, 1.807) is 18.2 Å². The van der Waals surface area contributed by atoms with Crippen LogP contribution in [0.5, 0.6) is 11.5 Å². The maximum absolute atomic E-state index is 10.9. The fourth-order valence-electron chi connectivity index (χ4n) is 1.58. The third-order valence-electron chi connectivity index (χ3n) is 2.59. The minimum absolute atomic E-state index is 0.579. The van der Waals surface area contributed by atoms with Crippen LogP contribution >= 0.6 is 0 Å². The highest BCUT2D eigenvalue weighted by atomic mass is 16.5. The van der Waals surface area contributed by atoms with E-state index in [4.69, 9.17) is 9.47 Å². The Morgan fingerprint density at radius 3 is 2.56 bits per heavy atom. The molecule has 0 radical (unpaired) electrons. The molecule has 0 unspecified atom stereocenters. The van der Waals surface area contributed by atoms with Gasteiger partial charge in [0.15, 0.2) is 6.29 Å². The van der Waals surface area contributed by atoms with Gasteiger partial charge in [-0.05, 0) is 25.0 Å². The average molecular weight is 250 g/mol. The lowest BCUT2D eigenvalue weighted by Gasteiger charge is -2.11. The molecule has 0 bridgehead atoms. The van der Waals surface area contributed by atoms with Crippen LogP contribution in [-0.4, -0.2) is 19.5 Å². The van der Waals surface area contributed by atoms with Crippen LogP contribution in [-0.2, 0) is 0 Å². The largest absolute Gasteiger partial charge is 0.493 e. The first-order valence-electron chi connectivity index (χ1n) is 6.66. The lowest BCUT2D eigenvalue weighted by atomic mass is 10.2. The molecule has 0 atom stereocenters. The van der Waals surface area contributed by atoms with Gasteiger partial charge in [-0.3, -0.25) is 4.79 Å². The maximum atomic E-state index is 10.9. The molecule has 3 nitrogen and oxygen atoms in total. The Labute approximate surface area is 109 Å². The van der Waals surface area contributed by atoms with Crippen LogP contribution in [0.4, 0.5) is 0 Å². The van der Waals surface area contributed by atoms with Gasteiger partial charge in [0.05, 0.1) is 18.8 Å². The first kappa shape index (κ1) is 14.6. The highest BCUT2D eigenvalue weighted by Gasteiger charge is 2.05. The topological polar surface area (TPSA) is 35.5 Å². The molecule has 0 aliphatic heterocycles. The Hall–Kier alpha value is -1.51. The smallest absolute Gasteiger partial charge is 0.153 e. The van der Waals surface area contributed by atoms with Gasteiger partial charge >= 0.3 is 0 Å². The Morgan fingerprint density at radius 2 is 1.89 bits per heavy atom. The third kappa shape index (κ3) is 4.78. The lowest BCUT2D eigenvalue weighted by molar-refractivity contribution is 0.111. The summed E-state index contributed by atoms with van der Waals surface area (Å²) >= 11 is 0. The van der Waals surface area contributed by atoms with Gasteiger partial charge in [0, 0.05) is 6.07 Å². The summed E-state index contributed by atoms with van der Waals surface area (Å²) in [6, 6.07) is 5.34. The normalized spacial score (nSPS) is 10.1. The first-order chi connectivity index (χ1) is 8.81. The zero-order chi connectivity index (χ0) is 13.2. The van der Waals surface area contributed by atoms with Crippen molar-refractivity contribution in [3.05, 3.63) is 23.8 Å². The van der Waals surface area contributed by atoms with E-state index in [1.165, 1.54) is 0 Å². The molecule has 0 spiro atoms. The van der Waals surface area contributed by atoms with Crippen LogP contribution in [0.25, 0.3) is 0 Å². The molecule has 0 aromatic heterocycles. The van der Waals surface area contributed by atoms with Crippen LogP contribution < -0.4 is 9.47 Å². The van der Waals surface area contributed by atoms with Gasteiger partial charge in [-0.25, -0.2) is 0 Å². The van der Waals surface area contributed by atoms with Gasteiger partial charge in [0.25, 0.3) is 0 Å². The van der Waals surface area contributed by atoms with E-state index < -0.39 is 0 Å². The van der Waals surface area contributed by atoms with Crippen LogP contribution in [0.2, 0.25) is 0 Å². The molecule has 1 aromatic carbocycles. The second-order valence-corrected chi connectivity index (χ2v) is 4.22. The Balaban J connectivity index is 2.63. The molecule has 18 heavy (non-hydrogen) atoms. The summed E-state index contributed by atoms with van der Waals surface area (Å²) in [5, 5.41) is 0. The minimum Gasteiger partial charge on any atom is -0.493 e. The molecule has 1 rings (SSSR count). The highest BCUT2D eigenvalue weighted by Crippen LogP contribution is 2.24. The van der Waals surface area contributed by atoms with Crippen LogP contribution in [0, 0.1) is 0 Å². The van der Waals surface area contributed by atoms with Crippen molar-refractivity contribution >= 4 is 6.29 Å². The second kappa shape index (κ2) is 8.56. The molecule has 0 amide bonds. The fraction of sp³-hybridized carbons (Fsp3) is 0.533. The SMILES string of the molecule is CCCCCOc1cc(OCCC)ccc1C=O. The van der Waals surface area contributed by atoms with Crippen molar-refractivity contribution < 1.29 is 14.3 Å². The van der Waals surface area contributed by atoms with Crippen molar-refractivity contribution in [2.45, 2.75) is 39.5 Å². The molecule has 0 N–H and O–H groups in total. The molecule has 0 saturated heterocycles. The van der Waals surface area contributed by atoms with Gasteiger partial charge in [-0.2, -0.15) is 0 Å². The van der Waals surface area contributed by atoms with E-state index in [-0.39, 0.29) is 0 Å². The quantitative estimate of drug-likeness (QED) is 0.493. The molecular weight excluding hydrogens is 228 g/mol. The molecule has 3 heteroatoms. The van der Waals surface area contributed by atoms with Crippen LogP contribution in [0.1, 0.15) is 49.9 Å². The molecule has 0 heterocycles. The molecule has 0 aliphatic rings. The highest BCUT2D eigenvalue weighted by molar-refractivity contribution is 5.79. The predicted octanol–water partition coefficient (Wildman–Crippen LogP) is 3.86. The number of rotatable bonds is 9. The van der Waals surface area contributed by atoms with E-state index in [2.05, 4.69) is 13.8 Å². The summed E-state index contributed by atoms with van der Waals surface area (Å²) in [5.41, 5.74) is 0.579. The molecule has 0 fully saturated rings. The van der Waals surface area contributed by atoms with Gasteiger partial charge in [-0.1, -0.05) is 26.7 Å². The zero-order valence-electron chi connectivity index (χ0n) is 11.3. The van der Waals surface area contributed by atoms with Gasteiger partial charge < -0.3 is 9.47 Å².